The molecule has 1 nitrogen and oxygen atoms in total. The zero-order chi connectivity index (χ0) is 9.14. The average Bonchev–Trinajstić information content (AvgIpc) is 2.08. The minimum absolute atomic E-state index is 0.180. The van der Waals surface area contributed by atoms with E-state index in [-0.39, 0.29) is 41.5 Å². The van der Waals surface area contributed by atoms with Gasteiger partial charge in [-0.1, -0.05) is 56.6 Å². The first-order chi connectivity index (χ1) is 5.70. The number of hydrogen-bond donors (Lipinski definition) is 1. The van der Waals surface area contributed by atoms with Gasteiger partial charge in [0.2, 0.25) is 0 Å². The molecule has 0 atom stereocenters. The van der Waals surface area contributed by atoms with E-state index < -0.39 is 0 Å². The van der Waals surface area contributed by atoms with Gasteiger partial charge in [0.05, 0.1) is 3.57 Å². The quantitative estimate of drug-likeness (QED) is 0.773. The van der Waals surface area contributed by atoms with Gasteiger partial charge in [-0.25, -0.2) is 0 Å². The summed E-state index contributed by atoms with van der Waals surface area (Å²) in [6.07, 6.45) is 0. The molecule has 0 unspecified atom stereocenters. The molecule has 66 valence electrons. The first kappa shape index (κ1) is 10.3. The van der Waals surface area contributed by atoms with Crippen LogP contribution in [-0.4, -0.2) is 14.1 Å². The summed E-state index contributed by atoms with van der Waals surface area (Å²) in [7, 11) is 0. The summed E-state index contributed by atoms with van der Waals surface area (Å²) < 4.78 is 10.2. The Labute approximate surface area is 92.3 Å². The maximum absolute atomic E-state index is 9.52. The Kier molecular flexibility index (Phi) is 3.82. The minimum Gasteiger partial charge on any atom is -0.507 e. The van der Waals surface area contributed by atoms with E-state index in [1.54, 1.807) is 6.07 Å². The predicted molar refractivity (Wildman–Crippen MR) is 72.5 cm³/mol. The van der Waals surface area contributed by atoms with Crippen molar-refractivity contribution in [1.82, 2.24) is 0 Å². The Hall–Kier alpha value is 0.220. The zero-order valence-corrected chi connectivity index (χ0v) is 11.1. The van der Waals surface area contributed by atoms with E-state index in [2.05, 4.69) is 16.0 Å². The lowest BCUT2D eigenvalue weighted by Gasteiger charge is -2.05. The average molecular weight is 388 g/mol. The first-order valence-electron chi connectivity index (χ1n) is 3.30. The second-order valence-corrected chi connectivity index (χ2v) is 5.98. The number of aromatic hydroxyl groups is 1. The van der Waals surface area contributed by atoms with Crippen LogP contribution in [0.4, 0.5) is 0 Å². The van der Waals surface area contributed by atoms with Crippen LogP contribution in [-0.2, 0) is 0 Å². The topological polar surface area (TPSA) is 20.2 Å². The van der Waals surface area contributed by atoms with E-state index >= 15 is 0 Å². The number of hydrogen-bond acceptors (Lipinski definition) is 1. The molecule has 0 saturated heterocycles. The van der Waals surface area contributed by atoms with Crippen LogP contribution in [0.15, 0.2) is 12.1 Å². The summed E-state index contributed by atoms with van der Waals surface area (Å²) in [5.41, 5.74) is 1.26. The number of rotatable bonds is 2. The summed E-state index contributed by atoms with van der Waals surface area (Å²) in [5, 5.41) is 9.52. The van der Waals surface area contributed by atoms with Gasteiger partial charge in [0.25, 0.3) is 0 Å². The summed E-state index contributed by atoms with van der Waals surface area (Å²) in [6.45, 7) is 2.07. The molecule has 0 aliphatic carbocycles. The Bertz CT molecular complexity index is 299. The second-order valence-electron chi connectivity index (χ2n) is 2.30. The standard InChI is InChI=1S/C9H10I2O/c1-6-4-5-7(12)9(11-3)8(6)10-2/h4-5,12H,2-3H2,1H3. The number of phenols is 1. The summed E-state index contributed by atoms with van der Waals surface area (Å²) in [4.78, 5) is 0. The highest BCUT2D eigenvalue weighted by atomic mass is 127. The molecule has 0 amide bonds. The van der Waals surface area contributed by atoms with Crippen molar-refractivity contribution in [3.8, 4) is 5.75 Å². The fourth-order valence-electron chi connectivity index (χ4n) is 0.927. The molecule has 3 heteroatoms. The van der Waals surface area contributed by atoms with Crippen LogP contribution in [0.25, 0.3) is 0 Å². The van der Waals surface area contributed by atoms with Crippen LogP contribution in [0.1, 0.15) is 5.56 Å². The zero-order valence-electron chi connectivity index (χ0n) is 6.77. The molecule has 0 fully saturated rings. The number of aryl methyl sites for hydroxylation is 1. The van der Waals surface area contributed by atoms with Crippen LogP contribution in [0.5, 0.6) is 5.75 Å². The van der Waals surface area contributed by atoms with Gasteiger partial charge in [0, 0.05) is 3.57 Å². The molecule has 1 aromatic carbocycles. The number of halogens is 2. The van der Waals surface area contributed by atoms with Gasteiger partial charge in [0.1, 0.15) is 5.75 Å². The van der Waals surface area contributed by atoms with Crippen LogP contribution < -0.4 is 0 Å². The van der Waals surface area contributed by atoms with Crippen molar-refractivity contribution in [2.24, 2.45) is 0 Å². The van der Waals surface area contributed by atoms with Gasteiger partial charge in [-0.2, -0.15) is 0 Å². The van der Waals surface area contributed by atoms with Crippen LogP contribution >= 0.6 is 41.5 Å². The molecule has 0 radical (unpaired) electrons. The predicted octanol–water partition coefficient (Wildman–Crippen LogP) is 2.85. The Morgan fingerprint density at radius 3 is 2.17 bits per heavy atom. The summed E-state index contributed by atoms with van der Waals surface area (Å²) in [6, 6.07) is 3.72. The third-order valence-electron chi connectivity index (χ3n) is 1.52. The second kappa shape index (κ2) is 4.45. The van der Waals surface area contributed by atoms with E-state index in [1.807, 2.05) is 6.07 Å². The molecule has 0 aromatic heterocycles. The van der Waals surface area contributed by atoms with E-state index in [1.165, 1.54) is 9.13 Å². The largest absolute Gasteiger partial charge is 0.507 e. The molecule has 0 heterocycles. The monoisotopic (exact) mass is 388 g/mol. The van der Waals surface area contributed by atoms with Crippen LogP contribution in [0.2, 0.25) is 0 Å². The molecule has 1 N–H and O–H groups in total. The summed E-state index contributed by atoms with van der Waals surface area (Å²) >= 11 is -0.449. The highest BCUT2D eigenvalue weighted by molar-refractivity contribution is 14.2. The molecular formula is C9H10I2O. The van der Waals surface area contributed by atoms with Crippen LogP contribution in [0, 0.1) is 14.1 Å². The molecule has 1 rings (SSSR count). The number of benzene rings is 1. The van der Waals surface area contributed by atoms with Crippen molar-refractivity contribution >= 4 is 50.5 Å². The van der Waals surface area contributed by atoms with E-state index in [0.717, 1.165) is 3.57 Å². The molecule has 0 spiro atoms. The van der Waals surface area contributed by atoms with Gasteiger partial charge in [-0.15, -0.1) is 0 Å². The third-order valence-corrected chi connectivity index (χ3v) is 6.56. The SMILES string of the molecule is C=Ic1c(C)ccc(O)c1I=C. The third kappa shape index (κ3) is 1.93. The maximum atomic E-state index is 9.52. The Morgan fingerprint density at radius 1 is 1.17 bits per heavy atom. The van der Waals surface area contributed by atoms with Crippen molar-refractivity contribution in [1.29, 1.82) is 0 Å². The fourth-order valence-corrected chi connectivity index (χ4v) is 5.58. The lowest BCUT2D eigenvalue weighted by molar-refractivity contribution is 0.470. The molecular weight excluding hydrogens is 378 g/mol. The molecule has 0 aliphatic heterocycles. The first-order valence-corrected chi connectivity index (χ1v) is 8.51. The van der Waals surface area contributed by atoms with Gasteiger partial charge >= 0.3 is 0 Å². The van der Waals surface area contributed by atoms with Crippen molar-refractivity contribution in [3.05, 3.63) is 24.8 Å². The summed E-state index contributed by atoms with van der Waals surface area (Å²) in [5.74, 6) is 0.418. The Morgan fingerprint density at radius 2 is 1.75 bits per heavy atom. The minimum atomic E-state index is -0.270. The molecule has 12 heavy (non-hydrogen) atoms. The molecule has 0 aliphatic rings. The molecule has 0 saturated carbocycles. The normalized spacial score (nSPS) is 10.1. The van der Waals surface area contributed by atoms with Crippen molar-refractivity contribution < 1.29 is 5.11 Å². The van der Waals surface area contributed by atoms with E-state index in [4.69, 9.17) is 0 Å². The smallest absolute Gasteiger partial charge is 0.129 e. The van der Waals surface area contributed by atoms with Crippen molar-refractivity contribution in [3.63, 3.8) is 0 Å². The molecule has 0 bridgehead atoms. The van der Waals surface area contributed by atoms with Gasteiger partial charge in [0.15, 0.2) is 0 Å². The van der Waals surface area contributed by atoms with Crippen molar-refractivity contribution in [2.75, 3.05) is 0 Å². The highest BCUT2D eigenvalue weighted by Gasteiger charge is 2.05. The van der Waals surface area contributed by atoms with Gasteiger partial charge in [-0.3, -0.25) is 0 Å². The van der Waals surface area contributed by atoms with Crippen LogP contribution in [0.3, 0.4) is 0 Å². The highest BCUT2D eigenvalue weighted by Crippen LogP contribution is 2.31. The van der Waals surface area contributed by atoms with E-state index in [0.29, 0.717) is 5.75 Å². The van der Waals surface area contributed by atoms with E-state index in [9.17, 15) is 5.11 Å². The lowest BCUT2D eigenvalue weighted by Crippen LogP contribution is -1.86. The maximum Gasteiger partial charge on any atom is 0.129 e. The van der Waals surface area contributed by atoms with Gasteiger partial charge < -0.3 is 5.11 Å². The lowest BCUT2D eigenvalue weighted by atomic mass is 10.2. The Balaban J connectivity index is 3.48. The molecule has 1 aromatic rings. The fraction of sp³-hybridized carbons (Fsp3) is 0.111. The van der Waals surface area contributed by atoms with Gasteiger partial charge in [-0.05, 0) is 18.6 Å². The van der Waals surface area contributed by atoms with Crippen molar-refractivity contribution in [2.45, 2.75) is 6.92 Å². The number of phenolic OH excluding ortho intramolecular Hbond substituents is 1.